The monoisotopic (exact) mass is 194 g/mol. The molecule has 0 aliphatic carbocycles. The summed E-state index contributed by atoms with van der Waals surface area (Å²) in [4.78, 5) is 11.4. The average molecular weight is 194 g/mol. The maximum Gasteiger partial charge on any atom is 0.185 e. The van der Waals surface area contributed by atoms with E-state index in [1.54, 1.807) is 13.0 Å². The lowest BCUT2D eigenvalue weighted by molar-refractivity contribution is 0.104. The van der Waals surface area contributed by atoms with Gasteiger partial charge in [-0.2, -0.15) is 0 Å². The summed E-state index contributed by atoms with van der Waals surface area (Å²) in [5.41, 5.74) is 0.292. The molecule has 14 heavy (non-hydrogen) atoms. The number of halogens is 1. The molecule has 0 saturated heterocycles. The highest BCUT2D eigenvalue weighted by atomic mass is 19.1. The Labute approximate surface area is 82.0 Å². The highest BCUT2D eigenvalue weighted by Crippen LogP contribution is 2.16. The van der Waals surface area contributed by atoms with Gasteiger partial charge in [-0.3, -0.25) is 4.79 Å². The number of hydrogen-bond acceptors (Lipinski definition) is 2. The molecule has 3 heteroatoms. The summed E-state index contributed by atoms with van der Waals surface area (Å²) in [7, 11) is 1.43. The van der Waals surface area contributed by atoms with Gasteiger partial charge >= 0.3 is 0 Å². The van der Waals surface area contributed by atoms with Crippen LogP contribution in [0.2, 0.25) is 0 Å². The molecule has 74 valence electrons. The number of ether oxygens (including phenoxy) is 1. The van der Waals surface area contributed by atoms with Crippen LogP contribution in [0.4, 0.5) is 4.39 Å². The van der Waals surface area contributed by atoms with E-state index >= 15 is 0 Å². The van der Waals surface area contributed by atoms with Gasteiger partial charge in [0.25, 0.3) is 0 Å². The molecule has 1 aromatic carbocycles. The maximum atomic E-state index is 13.0. The zero-order valence-corrected chi connectivity index (χ0v) is 8.08. The van der Waals surface area contributed by atoms with Crippen LogP contribution >= 0.6 is 0 Å². The van der Waals surface area contributed by atoms with Gasteiger partial charge in [0.2, 0.25) is 0 Å². The molecule has 2 nitrogen and oxygen atoms in total. The molecular weight excluding hydrogens is 183 g/mol. The molecule has 0 aliphatic heterocycles. The number of ketones is 1. The summed E-state index contributed by atoms with van der Waals surface area (Å²) in [5.74, 6) is -0.361. The van der Waals surface area contributed by atoms with E-state index in [-0.39, 0.29) is 5.78 Å². The van der Waals surface area contributed by atoms with E-state index in [0.717, 1.165) is 0 Å². The Kier molecular flexibility index (Phi) is 3.40. The predicted octanol–water partition coefficient (Wildman–Crippen LogP) is 2.59. The molecule has 0 bridgehead atoms. The first-order valence-corrected chi connectivity index (χ1v) is 4.19. The Hall–Kier alpha value is -1.64. The van der Waals surface area contributed by atoms with Crippen molar-refractivity contribution in [2.75, 3.05) is 7.11 Å². The number of carbonyl (C=O) groups excluding carboxylic acids is 1. The van der Waals surface area contributed by atoms with Crippen molar-refractivity contribution in [1.82, 2.24) is 0 Å². The minimum Gasteiger partial charge on any atom is -0.497 e. The third-order valence-corrected chi connectivity index (χ3v) is 1.71. The maximum absolute atomic E-state index is 13.0. The van der Waals surface area contributed by atoms with Crippen molar-refractivity contribution in [2.45, 2.75) is 6.92 Å². The summed E-state index contributed by atoms with van der Waals surface area (Å²) in [6, 6.07) is 3.92. The minimum absolute atomic E-state index is 0.231. The van der Waals surface area contributed by atoms with Crippen LogP contribution < -0.4 is 4.74 Å². The van der Waals surface area contributed by atoms with Crippen LogP contribution in [-0.2, 0) is 0 Å². The summed E-state index contributed by atoms with van der Waals surface area (Å²) in [5, 5.41) is 0. The van der Waals surface area contributed by atoms with Crippen molar-refractivity contribution < 1.29 is 13.9 Å². The fourth-order valence-corrected chi connectivity index (χ4v) is 1.07. The molecule has 0 heterocycles. The van der Waals surface area contributed by atoms with Gasteiger partial charge in [0.05, 0.1) is 7.11 Å². The summed E-state index contributed by atoms with van der Waals surface area (Å²) in [6.07, 6.45) is 2.99. The minimum atomic E-state index is -0.475. The Balaban J connectivity index is 3.08. The number of carbonyl (C=O) groups is 1. The molecular formula is C11H11FO2. The Morgan fingerprint density at radius 3 is 2.71 bits per heavy atom. The second kappa shape index (κ2) is 4.56. The highest BCUT2D eigenvalue weighted by Gasteiger charge is 2.05. The van der Waals surface area contributed by atoms with Crippen molar-refractivity contribution in [1.29, 1.82) is 0 Å². The van der Waals surface area contributed by atoms with Crippen LogP contribution in [0.5, 0.6) is 5.75 Å². The van der Waals surface area contributed by atoms with Crippen molar-refractivity contribution >= 4 is 5.78 Å². The lowest BCUT2D eigenvalue weighted by atomic mass is 10.1. The Morgan fingerprint density at radius 1 is 1.43 bits per heavy atom. The SMILES string of the molecule is CC=CC(=O)c1cc(F)cc(OC)c1. The molecule has 0 fully saturated rings. The van der Waals surface area contributed by atoms with Crippen LogP contribution in [0.3, 0.4) is 0 Å². The normalized spacial score (nSPS) is 10.5. The summed E-state index contributed by atoms with van der Waals surface area (Å²) in [6.45, 7) is 1.73. The third-order valence-electron chi connectivity index (χ3n) is 1.71. The van der Waals surface area contributed by atoms with Crippen molar-refractivity contribution in [3.05, 3.63) is 41.7 Å². The lowest BCUT2D eigenvalue weighted by Crippen LogP contribution is -1.96. The number of methoxy groups -OCH3 is 1. The van der Waals surface area contributed by atoms with Gasteiger partial charge < -0.3 is 4.74 Å². The molecule has 0 radical (unpaired) electrons. The first-order chi connectivity index (χ1) is 6.67. The van der Waals surface area contributed by atoms with Crippen LogP contribution in [0.15, 0.2) is 30.4 Å². The molecule has 1 rings (SSSR count). The van der Waals surface area contributed by atoms with Crippen molar-refractivity contribution in [3.63, 3.8) is 0 Å². The van der Waals surface area contributed by atoms with Crippen molar-refractivity contribution in [2.24, 2.45) is 0 Å². The predicted molar refractivity (Wildman–Crippen MR) is 52.1 cm³/mol. The van der Waals surface area contributed by atoms with E-state index in [1.165, 1.54) is 31.4 Å². The van der Waals surface area contributed by atoms with Gasteiger partial charge in [0.1, 0.15) is 11.6 Å². The van der Waals surface area contributed by atoms with E-state index in [2.05, 4.69) is 0 Å². The third kappa shape index (κ3) is 2.42. The van der Waals surface area contributed by atoms with E-state index < -0.39 is 5.82 Å². The molecule has 0 unspecified atom stereocenters. The highest BCUT2D eigenvalue weighted by molar-refractivity contribution is 6.04. The smallest absolute Gasteiger partial charge is 0.185 e. The van der Waals surface area contributed by atoms with Crippen LogP contribution in [0, 0.1) is 5.82 Å². The Bertz CT molecular complexity index is 370. The lowest BCUT2D eigenvalue weighted by Gasteiger charge is -2.02. The van der Waals surface area contributed by atoms with Crippen LogP contribution in [-0.4, -0.2) is 12.9 Å². The molecule has 0 spiro atoms. The molecule has 0 amide bonds. The largest absolute Gasteiger partial charge is 0.497 e. The average Bonchev–Trinajstić information content (AvgIpc) is 2.17. The fraction of sp³-hybridized carbons (Fsp3) is 0.182. The first-order valence-electron chi connectivity index (χ1n) is 4.19. The van der Waals surface area contributed by atoms with Crippen molar-refractivity contribution in [3.8, 4) is 5.75 Å². The first kappa shape index (κ1) is 10.4. The van der Waals surface area contributed by atoms with Gasteiger partial charge in [-0.05, 0) is 25.1 Å². The van der Waals surface area contributed by atoms with E-state index in [4.69, 9.17) is 4.74 Å². The van der Waals surface area contributed by atoms with Gasteiger partial charge in [-0.15, -0.1) is 0 Å². The molecule has 1 aromatic rings. The van der Waals surface area contributed by atoms with Crippen LogP contribution in [0.1, 0.15) is 17.3 Å². The summed E-state index contributed by atoms with van der Waals surface area (Å²) >= 11 is 0. The van der Waals surface area contributed by atoms with Crippen LogP contribution in [0.25, 0.3) is 0 Å². The zero-order chi connectivity index (χ0) is 10.6. The van der Waals surface area contributed by atoms with Gasteiger partial charge in [0.15, 0.2) is 5.78 Å². The molecule has 0 saturated carbocycles. The number of benzene rings is 1. The fourth-order valence-electron chi connectivity index (χ4n) is 1.07. The van der Waals surface area contributed by atoms with Gasteiger partial charge in [-0.1, -0.05) is 6.08 Å². The zero-order valence-electron chi connectivity index (χ0n) is 8.08. The van der Waals surface area contributed by atoms with E-state index in [1.807, 2.05) is 0 Å². The standard InChI is InChI=1S/C11H11FO2/c1-3-4-11(13)8-5-9(12)7-10(6-8)14-2/h3-7H,1-2H3. The molecule has 0 N–H and O–H groups in total. The number of rotatable bonds is 3. The second-order valence-electron chi connectivity index (χ2n) is 2.74. The molecule has 0 atom stereocenters. The molecule has 0 aromatic heterocycles. The number of allylic oxidation sites excluding steroid dienone is 2. The quantitative estimate of drug-likeness (QED) is 0.546. The topological polar surface area (TPSA) is 26.3 Å². The van der Waals surface area contributed by atoms with E-state index in [0.29, 0.717) is 11.3 Å². The van der Waals surface area contributed by atoms with E-state index in [9.17, 15) is 9.18 Å². The summed E-state index contributed by atoms with van der Waals surface area (Å²) < 4.78 is 17.8. The number of hydrogen-bond donors (Lipinski definition) is 0. The molecule has 0 aliphatic rings. The second-order valence-corrected chi connectivity index (χ2v) is 2.74. The van der Waals surface area contributed by atoms with Gasteiger partial charge in [0, 0.05) is 11.6 Å². The van der Waals surface area contributed by atoms with Gasteiger partial charge in [-0.25, -0.2) is 4.39 Å². The Morgan fingerprint density at radius 2 is 2.14 bits per heavy atom.